The van der Waals surface area contributed by atoms with Crippen molar-refractivity contribution < 1.29 is 9.59 Å². The maximum Gasteiger partial charge on any atom is 0.251 e. The number of benzene rings is 1. The van der Waals surface area contributed by atoms with Crippen LogP contribution in [0.3, 0.4) is 0 Å². The van der Waals surface area contributed by atoms with Gasteiger partial charge in [0.25, 0.3) is 5.91 Å². The van der Waals surface area contributed by atoms with Crippen molar-refractivity contribution in [2.45, 2.75) is 19.3 Å². The van der Waals surface area contributed by atoms with Crippen LogP contribution in [0.2, 0.25) is 0 Å². The number of nitrogen functional groups attached to an aromatic ring is 1. The Morgan fingerprint density at radius 1 is 1.16 bits per heavy atom. The fraction of sp³-hybridized carbons (Fsp3) is 0.429. The van der Waals surface area contributed by atoms with Gasteiger partial charge in [0.2, 0.25) is 5.91 Å². The van der Waals surface area contributed by atoms with Gasteiger partial charge in [-0.25, -0.2) is 0 Å². The molecule has 0 unspecified atom stereocenters. The highest BCUT2D eigenvalue weighted by atomic mass is 16.2. The summed E-state index contributed by atoms with van der Waals surface area (Å²) in [5.41, 5.74) is 6.74. The van der Waals surface area contributed by atoms with Gasteiger partial charge >= 0.3 is 0 Å². The van der Waals surface area contributed by atoms with E-state index in [1.54, 1.807) is 24.3 Å². The summed E-state index contributed by atoms with van der Waals surface area (Å²) in [5.74, 6) is -0.0515. The topological polar surface area (TPSA) is 75.4 Å². The Balaban J connectivity index is 1.74. The van der Waals surface area contributed by atoms with Crippen molar-refractivity contribution in [1.82, 2.24) is 10.2 Å². The summed E-state index contributed by atoms with van der Waals surface area (Å²) < 4.78 is 0. The number of anilines is 1. The van der Waals surface area contributed by atoms with Crippen LogP contribution in [0.1, 0.15) is 29.6 Å². The first-order valence-corrected chi connectivity index (χ1v) is 6.58. The van der Waals surface area contributed by atoms with Gasteiger partial charge in [-0.05, 0) is 37.1 Å². The van der Waals surface area contributed by atoms with Gasteiger partial charge in [-0.3, -0.25) is 9.59 Å². The van der Waals surface area contributed by atoms with Crippen molar-refractivity contribution >= 4 is 17.5 Å². The van der Waals surface area contributed by atoms with Gasteiger partial charge in [-0.1, -0.05) is 0 Å². The molecule has 1 aromatic carbocycles. The zero-order valence-corrected chi connectivity index (χ0v) is 10.9. The smallest absolute Gasteiger partial charge is 0.251 e. The molecule has 1 aromatic rings. The van der Waals surface area contributed by atoms with Crippen LogP contribution in [0.25, 0.3) is 0 Å². The maximum atomic E-state index is 11.8. The minimum atomic E-state index is -0.172. The Labute approximate surface area is 112 Å². The number of carbonyl (C=O) groups is 2. The molecule has 1 aliphatic rings. The number of amides is 2. The summed E-state index contributed by atoms with van der Waals surface area (Å²) in [7, 11) is 0. The second-order valence-corrected chi connectivity index (χ2v) is 4.72. The molecule has 0 radical (unpaired) electrons. The molecule has 1 fully saturated rings. The first-order valence-electron chi connectivity index (χ1n) is 6.58. The predicted octanol–water partition coefficient (Wildman–Crippen LogP) is 1.01. The molecule has 0 spiro atoms. The Bertz CT molecular complexity index is 450. The fourth-order valence-electron chi connectivity index (χ4n) is 2.14. The molecule has 0 saturated carbocycles. The van der Waals surface area contributed by atoms with Crippen molar-refractivity contribution in [2.24, 2.45) is 0 Å². The van der Waals surface area contributed by atoms with Gasteiger partial charge in [0.15, 0.2) is 0 Å². The highest BCUT2D eigenvalue weighted by Gasteiger charge is 2.17. The molecular formula is C14H19N3O2. The van der Waals surface area contributed by atoms with Crippen molar-refractivity contribution in [3.8, 4) is 0 Å². The Morgan fingerprint density at radius 3 is 2.42 bits per heavy atom. The minimum absolute atomic E-state index is 0.120. The van der Waals surface area contributed by atoms with Crippen LogP contribution in [0.4, 0.5) is 5.69 Å². The van der Waals surface area contributed by atoms with Crippen LogP contribution in [0.5, 0.6) is 0 Å². The lowest BCUT2D eigenvalue weighted by molar-refractivity contribution is -0.129. The van der Waals surface area contributed by atoms with E-state index in [1.807, 2.05) is 4.90 Å². The molecule has 5 heteroatoms. The van der Waals surface area contributed by atoms with E-state index in [4.69, 9.17) is 5.73 Å². The summed E-state index contributed by atoms with van der Waals surface area (Å²) in [4.78, 5) is 25.4. The molecule has 0 bridgehead atoms. The normalized spacial score (nSPS) is 14.4. The molecule has 19 heavy (non-hydrogen) atoms. The van der Waals surface area contributed by atoms with Crippen molar-refractivity contribution in [2.75, 3.05) is 25.4 Å². The third kappa shape index (κ3) is 3.71. The SMILES string of the molecule is Nc1ccc(C(=O)NCCC(=O)N2CCCC2)cc1. The predicted molar refractivity (Wildman–Crippen MR) is 73.6 cm³/mol. The molecule has 1 saturated heterocycles. The average molecular weight is 261 g/mol. The van der Waals surface area contributed by atoms with E-state index in [1.165, 1.54) is 0 Å². The zero-order chi connectivity index (χ0) is 13.7. The third-order valence-corrected chi connectivity index (χ3v) is 3.26. The largest absolute Gasteiger partial charge is 0.399 e. The monoisotopic (exact) mass is 261 g/mol. The minimum Gasteiger partial charge on any atom is -0.399 e. The quantitative estimate of drug-likeness (QED) is 0.794. The lowest BCUT2D eigenvalue weighted by Crippen LogP contribution is -2.32. The van der Waals surface area contributed by atoms with Gasteiger partial charge in [-0.2, -0.15) is 0 Å². The Kier molecular flexibility index (Phi) is 4.39. The first kappa shape index (κ1) is 13.4. The summed E-state index contributed by atoms with van der Waals surface area (Å²) in [6.07, 6.45) is 2.54. The number of nitrogens with one attached hydrogen (secondary N) is 1. The van der Waals surface area contributed by atoms with Crippen molar-refractivity contribution in [3.63, 3.8) is 0 Å². The molecule has 0 aliphatic carbocycles. The highest BCUT2D eigenvalue weighted by Crippen LogP contribution is 2.08. The third-order valence-electron chi connectivity index (χ3n) is 3.26. The fourth-order valence-corrected chi connectivity index (χ4v) is 2.14. The number of rotatable bonds is 4. The van der Waals surface area contributed by atoms with Crippen LogP contribution in [-0.2, 0) is 4.79 Å². The molecule has 5 nitrogen and oxygen atoms in total. The number of likely N-dealkylation sites (tertiary alicyclic amines) is 1. The molecule has 2 amide bonds. The average Bonchev–Trinajstić information content (AvgIpc) is 2.93. The van der Waals surface area contributed by atoms with E-state index in [9.17, 15) is 9.59 Å². The van der Waals surface area contributed by atoms with E-state index in [-0.39, 0.29) is 11.8 Å². The van der Waals surface area contributed by atoms with Crippen LogP contribution < -0.4 is 11.1 Å². The molecule has 3 N–H and O–H groups in total. The summed E-state index contributed by atoms with van der Waals surface area (Å²) in [5, 5.41) is 2.75. The first-order chi connectivity index (χ1) is 9.16. The molecule has 1 heterocycles. The van der Waals surface area contributed by atoms with E-state index in [0.29, 0.717) is 24.2 Å². The summed E-state index contributed by atoms with van der Waals surface area (Å²) in [6.45, 7) is 2.08. The molecule has 0 atom stereocenters. The van der Waals surface area contributed by atoms with Crippen LogP contribution in [0.15, 0.2) is 24.3 Å². The van der Waals surface area contributed by atoms with Gasteiger partial charge in [0.1, 0.15) is 0 Å². The van der Waals surface area contributed by atoms with Crippen LogP contribution in [-0.4, -0.2) is 36.3 Å². The van der Waals surface area contributed by atoms with Gasteiger partial charge in [-0.15, -0.1) is 0 Å². The molecule has 1 aliphatic heterocycles. The van der Waals surface area contributed by atoms with Gasteiger partial charge in [0.05, 0.1) is 0 Å². The molecule has 2 rings (SSSR count). The lowest BCUT2D eigenvalue weighted by atomic mass is 10.2. The van der Waals surface area contributed by atoms with Crippen LogP contribution in [0, 0.1) is 0 Å². The number of hydrogen-bond donors (Lipinski definition) is 2. The number of nitrogens with zero attached hydrogens (tertiary/aromatic N) is 1. The highest BCUT2D eigenvalue weighted by molar-refractivity contribution is 5.94. The lowest BCUT2D eigenvalue weighted by Gasteiger charge is -2.15. The zero-order valence-electron chi connectivity index (χ0n) is 10.9. The summed E-state index contributed by atoms with van der Waals surface area (Å²) in [6, 6.07) is 6.72. The summed E-state index contributed by atoms with van der Waals surface area (Å²) >= 11 is 0. The van der Waals surface area contributed by atoms with Gasteiger partial charge in [0, 0.05) is 37.3 Å². The Morgan fingerprint density at radius 2 is 1.79 bits per heavy atom. The number of carbonyl (C=O) groups excluding carboxylic acids is 2. The van der Waals surface area contributed by atoms with E-state index in [2.05, 4.69) is 5.32 Å². The standard InChI is InChI=1S/C14H19N3O2/c15-12-5-3-11(4-6-12)14(19)16-8-7-13(18)17-9-1-2-10-17/h3-6H,1-2,7-10,15H2,(H,16,19). The van der Waals surface area contributed by atoms with E-state index < -0.39 is 0 Å². The number of nitrogens with two attached hydrogens (primary N) is 1. The molecule has 0 aromatic heterocycles. The van der Waals surface area contributed by atoms with Crippen LogP contribution >= 0.6 is 0 Å². The van der Waals surface area contributed by atoms with Gasteiger partial charge < -0.3 is 16.0 Å². The second-order valence-electron chi connectivity index (χ2n) is 4.72. The molecular weight excluding hydrogens is 242 g/mol. The Hall–Kier alpha value is -2.04. The van der Waals surface area contributed by atoms with E-state index >= 15 is 0 Å². The van der Waals surface area contributed by atoms with Crippen molar-refractivity contribution in [3.05, 3.63) is 29.8 Å². The second kappa shape index (κ2) is 6.22. The maximum absolute atomic E-state index is 11.8. The molecule has 102 valence electrons. The number of hydrogen-bond acceptors (Lipinski definition) is 3. The van der Waals surface area contributed by atoms with Crippen molar-refractivity contribution in [1.29, 1.82) is 0 Å². The van der Waals surface area contributed by atoms with E-state index in [0.717, 1.165) is 25.9 Å².